The van der Waals surface area contributed by atoms with Gasteiger partial charge in [0, 0.05) is 6.20 Å². The predicted octanol–water partition coefficient (Wildman–Crippen LogP) is 2.45. The Morgan fingerprint density at radius 1 is 1.26 bits per heavy atom. The van der Waals surface area contributed by atoms with Crippen LogP contribution in [0.25, 0.3) is 10.9 Å². The van der Waals surface area contributed by atoms with E-state index in [0.717, 1.165) is 12.1 Å². The quantitative estimate of drug-likeness (QED) is 0.798. The van der Waals surface area contributed by atoms with Crippen LogP contribution in [0.2, 0.25) is 0 Å². The summed E-state index contributed by atoms with van der Waals surface area (Å²) in [5, 5.41) is -0.0909. The van der Waals surface area contributed by atoms with Crippen LogP contribution in [0.15, 0.2) is 24.4 Å². The van der Waals surface area contributed by atoms with Crippen molar-refractivity contribution in [3.05, 3.63) is 36.0 Å². The first kappa shape index (κ1) is 13.2. The number of hydrogen-bond acceptors (Lipinski definition) is 4. The molecule has 0 unspecified atom stereocenters. The highest BCUT2D eigenvalue weighted by Gasteiger charge is 2.13. The van der Waals surface area contributed by atoms with Gasteiger partial charge in [-0.1, -0.05) is 0 Å². The zero-order chi connectivity index (χ0) is 13.8. The molecule has 19 heavy (non-hydrogen) atoms. The molecule has 0 fully saturated rings. The van der Waals surface area contributed by atoms with E-state index in [4.69, 9.17) is 4.74 Å². The zero-order valence-corrected chi connectivity index (χ0v) is 10.2. The number of halogens is 2. The highest BCUT2D eigenvalue weighted by Crippen LogP contribution is 2.28. The first-order valence-electron chi connectivity index (χ1n) is 5.64. The second-order valence-corrected chi connectivity index (χ2v) is 3.66. The molecule has 0 saturated carbocycles. The first-order chi connectivity index (χ1) is 9.13. The summed E-state index contributed by atoms with van der Waals surface area (Å²) in [6.07, 6.45) is 1.28. The van der Waals surface area contributed by atoms with E-state index in [-0.39, 0.29) is 29.9 Å². The van der Waals surface area contributed by atoms with Gasteiger partial charge in [0.2, 0.25) is 0 Å². The maximum atomic E-state index is 13.7. The van der Waals surface area contributed by atoms with Crippen LogP contribution in [0.5, 0.6) is 5.75 Å². The highest BCUT2D eigenvalue weighted by molar-refractivity contribution is 5.86. The van der Waals surface area contributed by atoms with Crippen molar-refractivity contribution in [2.24, 2.45) is 0 Å². The third-order valence-electron chi connectivity index (χ3n) is 2.40. The molecule has 4 nitrogen and oxygen atoms in total. The summed E-state index contributed by atoms with van der Waals surface area (Å²) in [6.45, 7) is 1.51. The number of hydrogen-bond donors (Lipinski definition) is 0. The Labute approximate surface area is 108 Å². The average molecular weight is 267 g/mol. The average Bonchev–Trinajstić information content (AvgIpc) is 2.41. The molecule has 0 atom stereocenters. The van der Waals surface area contributed by atoms with Crippen molar-refractivity contribution in [1.82, 2.24) is 4.98 Å². The van der Waals surface area contributed by atoms with Crippen LogP contribution in [0.4, 0.5) is 8.78 Å². The minimum atomic E-state index is -0.664. The molecule has 6 heteroatoms. The van der Waals surface area contributed by atoms with Crippen LogP contribution in [-0.2, 0) is 9.53 Å². The third kappa shape index (κ3) is 2.78. The third-order valence-corrected chi connectivity index (χ3v) is 2.40. The van der Waals surface area contributed by atoms with Crippen molar-refractivity contribution in [2.45, 2.75) is 6.92 Å². The Kier molecular flexibility index (Phi) is 3.89. The molecule has 0 spiro atoms. The number of benzene rings is 1. The van der Waals surface area contributed by atoms with Gasteiger partial charge in [-0.3, -0.25) is 4.98 Å². The van der Waals surface area contributed by atoms with Gasteiger partial charge in [0.25, 0.3) is 0 Å². The van der Waals surface area contributed by atoms with Crippen molar-refractivity contribution in [1.29, 1.82) is 0 Å². The molecular weight excluding hydrogens is 256 g/mol. The van der Waals surface area contributed by atoms with Gasteiger partial charge >= 0.3 is 5.97 Å². The number of carbonyl (C=O) groups excluding carboxylic acids is 1. The molecule has 0 aliphatic heterocycles. The Balaban J connectivity index is 2.33. The lowest BCUT2D eigenvalue weighted by Crippen LogP contribution is -2.14. The van der Waals surface area contributed by atoms with Crippen molar-refractivity contribution in [3.8, 4) is 5.75 Å². The molecular formula is C13H11F2NO3. The van der Waals surface area contributed by atoms with Gasteiger partial charge in [-0.05, 0) is 25.1 Å². The number of esters is 1. The number of ether oxygens (including phenoxy) is 2. The molecule has 100 valence electrons. The van der Waals surface area contributed by atoms with E-state index in [9.17, 15) is 13.6 Å². The molecule has 2 rings (SSSR count). The van der Waals surface area contributed by atoms with E-state index < -0.39 is 17.6 Å². The second kappa shape index (κ2) is 5.60. The number of pyridine rings is 1. The molecule has 0 N–H and O–H groups in total. The fourth-order valence-corrected chi connectivity index (χ4v) is 1.62. The molecule has 0 aliphatic carbocycles. The second-order valence-electron chi connectivity index (χ2n) is 3.66. The van der Waals surface area contributed by atoms with Crippen LogP contribution in [0.3, 0.4) is 0 Å². The molecule has 1 aromatic heterocycles. The summed E-state index contributed by atoms with van der Waals surface area (Å²) in [4.78, 5) is 14.9. The predicted molar refractivity (Wildman–Crippen MR) is 63.8 cm³/mol. The molecule has 2 aromatic rings. The van der Waals surface area contributed by atoms with Gasteiger partial charge < -0.3 is 9.47 Å². The van der Waals surface area contributed by atoms with Crippen molar-refractivity contribution < 1.29 is 23.0 Å². The summed E-state index contributed by atoms with van der Waals surface area (Å²) in [5.41, 5.74) is -0.138. The SMILES string of the molecule is CCOC(=O)COc1ccnc2c(F)ccc(F)c12. The summed E-state index contributed by atoms with van der Waals surface area (Å²) in [5.74, 6) is -1.85. The van der Waals surface area contributed by atoms with E-state index in [1.807, 2.05) is 0 Å². The lowest BCUT2D eigenvalue weighted by Gasteiger charge is -2.09. The highest BCUT2D eigenvalue weighted by atomic mass is 19.1. The number of nitrogens with zero attached hydrogens (tertiary/aromatic N) is 1. The van der Waals surface area contributed by atoms with Crippen molar-refractivity contribution >= 4 is 16.9 Å². The van der Waals surface area contributed by atoms with Gasteiger partial charge in [0.1, 0.15) is 22.9 Å². The summed E-state index contributed by atoms with van der Waals surface area (Å²) < 4.78 is 37.0. The summed E-state index contributed by atoms with van der Waals surface area (Å²) in [6, 6.07) is 3.33. The molecule has 1 heterocycles. The van der Waals surface area contributed by atoms with Gasteiger partial charge in [0.15, 0.2) is 6.61 Å². The van der Waals surface area contributed by atoms with E-state index in [1.165, 1.54) is 12.3 Å². The summed E-state index contributed by atoms with van der Waals surface area (Å²) >= 11 is 0. The Morgan fingerprint density at radius 3 is 2.74 bits per heavy atom. The van der Waals surface area contributed by atoms with Crippen LogP contribution in [-0.4, -0.2) is 24.2 Å². The molecule has 0 radical (unpaired) electrons. The number of aromatic nitrogens is 1. The minimum absolute atomic E-state index is 0.0510. The number of carbonyl (C=O) groups is 1. The van der Waals surface area contributed by atoms with Gasteiger partial charge in [-0.25, -0.2) is 13.6 Å². The van der Waals surface area contributed by atoms with E-state index in [2.05, 4.69) is 9.72 Å². The normalized spacial score (nSPS) is 10.5. The Hall–Kier alpha value is -2.24. The standard InChI is InChI=1S/C13H11F2NO3/c1-2-18-11(17)7-19-10-5-6-16-13-9(15)4-3-8(14)12(10)13/h3-6H,2,7H2,1H3. The maximum Gasteiger partial charge on any atom is 0.344 e. The maximum absolute atomic E-state index is 13.7. The minimum Gasteiger partial charge on any atom is -0.481 e. The molecule has 0 aliphatic rings. The van der Waals surface area contributed by atoms with Gasteiger partial charge in [0.05, 0.1) is 12.0 Å². The molecule has 0 saturated heterocycles. The molecule has 0 bridgehead atoms. The Bertz CT molecular complexity index is 616. The van der Waals surface area contributed by atoms with Crippen LogP contribution < -0.4 is 4.74 Å². The van der Waals surface area contributed by atoms with E-state index >= 15 is 0 Å². The van der Waals surface area contributed by atoms with Gasteiger partial charge in [-0.2, -0.15) is 0 Å². The topological polar surface area (TPSA) is 48.4 Å². The van der Waals surface area contributed by atoms with Crippen molar-refractivity contribution in [2.75, 3.05) is 13.2 Å². The monoisotopic (exact) mass is 267 g/mol. The number of rotatable bonds is 4. The smallest absolute Gasteiger partial charge is 0.344 e. The van der Waals surface area contributed by atoms with Crippen molar-refractivity contribution in [3.63, 3.8) is 0 Å². The van der Waals surface area contributed by atoms with E-state index in [0.29, 0.717) is 0 Å². The lowest BCUT2D eigenvalue weighted by atomic mass is 10.2. The largest absolute Gasteiger partial charge is 0.481 e. The molecule has 0 amide bonds. The first-order valence-corrected chi connectivity index (χ1v) is 5.64. The van der Waals surface area contributed by atoms with E-state index in [1.54, 1.807) is 6.92 Å². The fraction of sp³-hybridized carbons (Fsp3) is 0.231. The molecule has 1 aromatic carbocycles. The van der Waals surface area contributed by atoms with Crippen LogP contribution >= 0.6 is 0 Å². The van der Waals surface area contributed by atoms with Gasteiger partial charge in [-0.15, -0.1) is 0 Å². The van der Waals surface area contributed by atoms with Crippen LogP contribution in [0, 0.1) is 11.6 Å². The fourth-order valence-electron chi connectivity index (χ4n) is 1.62. The lowest BCUT2D eigenvalue weighted by molar-refractivity contribution is -0.145. The summed E-state index contributed by atoms with van der Waals surface area (Å²) in [7, 11) is 0. The Morgan fingerprint density at radius 2 is 2.00 bits per heavy atom. The zero-order valence-electron chi connectivity index (χ0n) is 10.2. The van der Waals surface area contributed by atoms with Crippen LogP contribution in [0.1, 0.15) is 6.92 Å². The number of fused-ring (bicyclic) bond motifs is 1.